The number of thiocarbonyl (C=S) groups is 1. The summed E-state index contributed by atoms with van der Waals surface area (Å²) in [4.78, 5) is 16.8. The van der Waals surface area contributed by atoms with E-state index in [4.69, 9.17) is 17.0 Å². The lowest BCUT2D eigenvalue weighted by Gasteiger charge is -2.28. The van der Waals surface area contributed by atoms with Crippen LogP contribution >= 0.6 is 24.0 Å². The molecule has 1 aromatic carbocycles. The van der Waals surface area contributed by atoms with Crippen LogP contribution in [0.15, 0.2) is 29.2 Å². The van der Waals surface area contributed by atoms with Crippen molar-refractivity contribution in [1.29, 1.82) is 0 Å². The van der Waals surface area contributed by atoms with Gasteiger partial charge in [-0.1, -0.05) is 42.2 Å². The van der Waals surface area contributed by atoms with Gasteiger partial charge in [0.25, 0.3) is 5.91 Å². The Balaban J connectivity index is 1.66. The normalized spacial score (nSPS) is 21.4. The van der Waals surface area contributed by atoms with E-state index in [1.165, 1.54) is 17.8 Å². The molecular weight excluding hydrogens is 335 g/mol. The minimum atomic E-state index is -0.342. The molecule has 2 fully saturated rings. The summed E-state index contributed by atoms with van der Waals surface area (Å²) in [5.41, 5.74) is 0.404. The van der Waals surface area contributed by atoms with Crippen molar-refractivity contribution in [3.8, 4) is 0 Å². The van der Waals surface area contributed by atoms with Crippen LogP contribution in [-0.4, -0.2) is 59.4 Å². The van der Waals surface area contributed by atoms with Crippen LogP contribution in [0, 0.1) is 5.82 Å². The summed E-state index contributed by atoms with van der Waals surface area (Å²) in [6.07, 6.45) is 1.57. The molecule has 1 aromatic rings. The number of benzene rings is 1. The first-order valence-corrected chi connectivity index (χ1v) is 8.67. The maximum atomic E-state index is 13.7. The summed E-state index contributed by atoms with van der Waals surface area (Å²) in [6.45, 7) is 4.53. The predicted molar refractivity (Wildman–Crippen MR) is 93.5 cm³/mol. The first-order chi connectivity index (χ1) is 11.1. The van der Waals surface area contributed by atoms with E-state index < -0.39 is 0 Å². The fraction of sp³-hybridized carbons (Fsp3) is 0.375. The van der Waals surface area contributed by atoms with Gasteiger partial charge in [-0.25, -0.2) is 4.39 Å². The third-order valence-corrected chi connectivity index (χ3v) is 5.19. The molecule has 2 aliphatic rings. The highest BCUT2D eigenvalue weighted by atomic mass is 32.2. The fourth-order valence-electron chi connectivity index (χ4n) is 2.49. The van der Waals surface area contributed by atoms with Crippen molar-refractivity contribution in [1.82, 2.24) is 9.80 Å². The van der Waals surface area contributed by atoms with Gasteiger partial charge in [0.15, 0.2) is 0 Å². The summed E-state index contributed by atoms with van der Waals surface area (Å²) in [5.74, 6) is -0.484. The van der Waals surface area contributed by atoms with E-state index in [0.29, 0.717) is 21.3 Å². The zero-order chi connectivity index (χ0) is 16.2. The molecule has 3 rings (SSSR count). The first kappa shape index (κ1) is 16.6. The topological polar surface area (TPSA) is 32.8 Å². The van der Waals surface area contributed by atoms with Crippen molar-refractivity contribution >= 4 is 40.3 Å². The van der Waals surface area contributed by atoms with E-state index in [0.717, 1.165) is 32.8 Å². The fourth-order valence-corrected chi connectivity index (χ4v) is 3.79. The number of carbonyl (C=O) groups excluding carboxylic acids is 1. The maximum Gasteiger partial charge on any atom is 0.266 e. The average Bonchev–Trinajstić information content (AvgIpc) is 2.82. The molecule has 23 heavy (non-hydrogen) atoms. The number of hydrogen-bond acceptors (Lipinski definition) is 5. The Morgan fingerprint density at radius 1 is 1.26 bits per heavy atom. The minimum Gasteiger partial charge on any atom is -0.379 e. The van der Waals surface area contributed by atoms with Crippen LogP contribution in [0.1, 0.15) is 5.56 Å². The van der Waals surface area contributed by atoms with Crippen molar-refractivity contribution in [3.63, 3.8) is 0 Å². The van der Waals surface area contributed by atoms with Crippen LogP contribution in [0.3, 0.4) is 0 Å². The number of nitrogens with zero attached hydrogens (tertiary/aromatic N) is 2. The van der Waals surface area contributed by atoms with Crippen molar-refractivity contribution in [2.45, 2.75) is 0 Å². The van der Waals surface area contributed by atoms with Crippen LogP contribution in [0.2, 0.25) is 0 Å². The number of halogens is 1. The van der Waals surface area contributed by atoms with Crippen LogP contribution < -0.4 is 0 Å². The summed E-state index contributed by atoms with van der Waals surface area (Å²) in [7, 11) is 0. The largest absolute Gasteiger partial charge is 0.379 e. The standard InChI is InChI=1S/C16H17FN2O2S2/c17-13-4-2-1-3-12(13)11-14-15(20)19(16(22)23-14)6-5-18-7-9-21-10-8-18/h1-4,11H,5-10H2. The molecule has 0 atom stereocenters. The van der Waals surface area contributed by atoms with Gasteiger partial charge in [0.1, 0.15) is 10.1 Å². The van der Waals surface area contributed by atoms with Gasteiger partial charge in [-0.15, -0.1) is 0 Å². The summed E-state index contributed by atoms with van der Waals surface area (Å²) >= 11 is 6.53. The van der Waals surface area contributed by atoms with E-state index in [1.54, 1.807) is 29.2 Å². The SMILES string of the molecule is O=C1C(=Cc2ccccc2F)SC(=S)N1CCN1CCOCC1. The molecule has 0 radical (unpaired) electrons. The third kappa shape index (κ3) is 3.98. The molecule has 1 amide bonds. The molecule has 0 unspecified atom stereocenters. The number of ether oxygens (including phenoxy) is 1. The molecule has 7 heteroatoms. The van der Waals surface area contributed by atoms with Gasteiger partial charge in [0.2, 0.25) is 0 Å². The van der Waals surface area contributed by atoms with Gasteiger partial charge < -0.3 is 4.74 Å². The molecule has 2 heterocycles. The number of rotatable bonds is 4. The quantitative estimate of drug-likeness (QED) is 0.614. The molecule has 4 nitrogen and oxygen atoms in total. The molecular formula is C16H17FN2O2S2. The van der Waals surface area contributed by atoms with Crippen LogP contribution in [0.5, 0.6) is 0 Å². The number of amides is 1. The van der Waals surface area contributed by atoms with Crippen LogP contribution in [0.25, 0.3) is 6.08 Å². The van der Waals surface area contributed by atoms with Gasteiger partial charge in [-0.3, -0.25) is 14.6 Å². The summed E-state index contributed by atoms with van der Waals surface area (Å²) in [5, 5.41) is 0. The van der Waals surface area contributed by atoms with E-state index in [2.05, 4.69) is 4.90 Å². The summed E-state index contributed by atoms with van der Waals surface area (Å²) < 4.78 is 19.6. The van der Waals surface area contributed by atoms with Gasteiger partial charge in [-0.2, -0.15) is 0 Å². The highest BCUT2D eigenvalue weighted by Crippen LogP contribution is 2.32. The molecule has 122 valence electrons. The summed E-state index contributed by atoms with van der Waals surface area (Å²) in [6, 6.07) is 6.40. The molecule has 0 N–H and O–H groups in total. The van der Waals surface area contributed by atoms with Gasteiger partial charge in [-0.05, 0) is 12.1 Å². The van der Waals surface area contributed by atoms with E-state index >= 15 is 0 Å². The van der Waals surface area contributed by atoms with Crippen molar-refractivity contribution < 1.29 is 13.9 Å². The zero-order valence-electron chi connectivity index (χ0n) is 12.5. The number of thioether (sulfide) groups is 1. The van der Waals surface area contributed by atoms with Gasteiger partial charge in [0, 0.05) is 31.7 Å². The number of carbonyl (C=O) groups is 1. The molecule has 0 bridgehead atoms. The Morgan fingerprint density at radius 2 is 2.00 bits per heavy atom. The van der Waals surface area contributed by atoms with E-state index in [1.807, 2.05) is 0 Å². The van der Waals surface area contributed by atoms with Crippen molar-refractivity contribution in [3.05, 3.63) is 40.6 Å². The van der Waals surface area contributed by atoms with E-state index in [-0.39, 0.29) is 11.7 Å². The molecule has 2 saturated heterocycles. The van der Waals surface area contributed by atoms with E-state index in [9.17, 15) is 9.18 Å². The van der Waals surface area contributed by atoms with Crippen LogP contribution in [0.4, 0.5) is 4.39 Å². The Kier molecular flexibility index (Phi) is 5.42. The second kappa shape index (κ2) is 7.53. The van der Waals surface area contributed by atoms with Crippen molar-refractivity contribution in [2.75, 3.05) is 39.4 Å². The number of hydrogen-bond donors (Lipinski definition) is 0. The lowest BCUT2D eigenvalue weighted by molar-refractivity contribution is -0.122. The molecule has 2 aliphatic heterocycles. The monoisotopic (exact) mass is 352 g/mol. The minimum absolute atomic E-state index is 0.142. The second-order valence-electron chi connectivity index (χ2n) is 5.31. The smallest absolute Gasteiger partial charge is 0.266 e. The maximum absolute atomic E-state index is 13.7. The Labute approximate surface area is 144 Å². The predicted octanol–water partition coefficient (Wildman–Crippen LogP) is 2.36. The Morgan fingerprint density at radius 3 is 2.74 bits per heavy atom. The zero-order valence-corrected chi connectivity index (χ0v) is 14.2. The molecule has 0 aliphatic carbocycles. The molecule has 0 aromatic heterocycles. The molecule has 0 spiro atoms. The van der Waals surface area contributed by atoms with Gasteiger partial charge >= 0.3 is 0 Å². The first-order valence-electron chi connectivity index (χ1n) is 7.45. The van der Waals surface area contributed by atoms with Crippen molar-refractivity contribution in [2.24, 2.45) is 0 Å². The highest BCUT2D eigenvalue weighted by molar-refractivity contribution is 8.26. The third-order valence-electron chi connectivity index (χ3n) is 3.81. The second-order valence-corrected chi connectivity index (χ2v) is 6.98. The lowest BCUT2D eigenvalue weighted by Crippen LogP contribution is -2.42. The Hall–Kier alpha value is -1.28. The number of morpholine rings is 1. The average molecular weight is 352 g/mol. The lowest BCUT2D eigenvalue weighted by atomic mass is 10.2. The molecule has 0 saturated carbocycles. The Bertz CT molecular complexity index is 645. The van der Waals surface area contributed by atoms with Gasteiger partial charge in [0.05, 0.1) is 18.1 Å². The highest BCUT2D eigenvalue weighted by Gasteiger charge is 2.32. The van der Waals surface area contributed by atoms with Crippen LogP contribution in [-0.2, 0) is 9.53 Å².